The summed E-state index contributed by atoms with van der Waals surface area (Å²) in [7, 11) is 0. The van der Waals surface area contributed by atoms with Gasteiger partial charge in [-0.25, -0.2) is 0 Å². The molecular formula is C9H5Cl2N. The highest BCUT2D eigenvalue weighted by atomic mass is 35.5. The van der Waals surface area contributed by atoms with Gasteiger partial charge in [-0.3, -0.25) is 0 Å². The van der Waals surface area contributed by atoms with E-state index in [0.29, 0.717) is 5.56 Å². The first-order chi connectivity index (χ1) is 5.72. The van der Waals surface area contributed by atoms with Crippen LogP contribution < -0.4 is 0 Å². The number of nitrogens with zero attached hydrogens (tertiary/aromatic N) is 1. The number of nitriles is 1. The lowest BCUT2D eigenvalue weighted by molar-refractivity contribution is 1.48. The predicted octanol–water partition coefficient (Wildman–Crippen LogP) is 3.33. The molecule has 1 aromatic rings. The van der Waals surface area contributed by atoms with Crippen LogP contribution in [-0.4, -0.2) is 0 Å². The van der Waals surface area contributed by atoms with E-state index in [-0.39, 0.29) is 4.49 Å². The minimum Gasteiger partial charge on any atom is -0.192 e. The average molecular weight is 198 g/mol. The van der Waals surface area contributed by atoms with Gasteiger partial charge in [0.1, 0.15) is 4.49 Å². The minimum atomic E-state index is 0.185. The smallest absolute Gasteiger partial charge is 0.107 e. The fourth-order valence-corrected chi connectivity index (χ4v) is 1.08. The zero-order valence-electron chi connectivity index (χ0n) is 6.09. The highest BCUT2D eigenvalue weighted by Gasteiger charge is 1.92. The second-order valence-electron chi connectivity index (χ2n) is 2.17. The molecule has 3 heteroatoms. The Balaban J connectivity index is 3.04. The number of benzene rings is 1. The van der Waals surface area contributed by atoms with Gasteiger partial charge in [0.2, 0.25) is 0 Å². The summed E-state index contributed by atoms with van der Waals surface area (Å²) >= 11 is 10.9. The normalized spacial score (nSPS) is 8.75. The van der Waals surface area contributed by atoms with Gasteiger partial charge in [-0.1, -0.05) is 35.3 Å². The minimum absolute atomic E-state index is 0.185. The molecule has 1 aromatic carbocycles. The summed E-state index contributed by atoms with van der Waals surface area (Å²) in [6.07, 6.45) is 1.59. The SMILES string of the molecule is N#Cc1cccc(C=C(Cl)Cl)c1. The van der Waals surface area contributed by atoms with Gasteiger partial charge < -0.3 is 0 Å². The van der Waals surface area contributed by atoms with Crippen LogP contribution in [0.15, 0.2) is 28.8 Å². The van der Waals surface area contributed by atoms with E-state index in [0.717, 1.165) is 5.56 Å². The summed E-state index contributed by atoms with van der Waals surface area (Å²) in [5, 5.41) is 8.56. The van der Waals surface area contributed by atoms with Crippen LogP contribution in [-0.2, 0) is 0 Å². The Labute approximate surface area is 80.8 Å². The van der Waals surface area contributed by atoms with Crippen LogP contribution in [0.3, 0.4) is 0 Å². The summed E-state index contributed by atoms with van der Waals surface area (Å²) in [5.74, 6) is 0. The molecule has 0 aliphatic carbocycles. The van der Waals surface area contributed by atoms with Crippen LogP contribution in [0.2, 0.25) is 0 Å². The van der Waals surface area contributed by atoms with Gasteiger partial charge >= 0.3 is 0 Å². The van der Waals surface area contributed by atoms with Gasteiger partial charge in [0.25, 0.3) is 0 Å². The van der Waals surface area contributed by atoms with Crippen LogP contribution in [0.25, 0.3) is 6.08 Å². The molecule has 0 spiro atoms. The first kappa shape index (κ1) is 9.12. The van der Waals surface area contributed by atoms with E-state index in [2.05, 4.69) is 0 Å². The van der Waals surface area contributed by atoms with E-state index in [9.17, 15) is 0 Å². The van der Waals surface area contributed by atoms with Crippen molar-refractivity contribution in [3.8, 4) is 6.07 Å². The molecule has 0 aliphatic rings. The summed E-state index contributed by atoms with van der Waals surface area (Å²) in [6, 6.07) is 9.06. The quantitative estimate of drug-likeness (QED) is 0.678. The largest absolute Gasteiger partial charge is 0.192 e. The highest BCUT2D eigenvalue weighted by Crippen LogP contribution is 2.14. The topological polar surface area (TPSA) is 23.8 Å². The fraction of sp³-hybridized carbons (Fsp3) is 0. The van der Waals surface area contributed by atoms with Crippen LogP contribution >= 0.6 is 23.2 Å². The van der Waals surface area contributed by atoms with E-state index >= 15 is 0 Å². The molecule has 0 radical (unpaired) electrons. The van der Waals surface area contributed by atoms with Crippen molar-refractivity contribution >= 4 is 29.3 Å². The first-order valence-electron chi connectivity index (χ1n) is 3.25. The van der Waals surface area contributed by atoms with Crippen molar-refractivity contribution in [2.24, 2.45) is 0 Å². The second-order valence-corrected chi connectivity index (χ2v) is 3.18. The molecule has 0 heterocycles. The van der Waals surface area contributed by atoms with Crippen LogP contribution in [0.1, 0.15) is 11.1 Å². The van der Waals surface area contributed by atoms with Crippen molar-refractivity contribution in [2.75, 3.05) is 0 Å². The molecule has 0 amide bonds. The number of hydrogen-bond acceptors (Lipinski definition) is 1. The molecule has 0 unspecified atom stereocenters. The molecule has 0 N–H and O–H groups in total. The summed E-state index contributed by atoms with van der Waals surface area (Å²) < 4.78 is 0.185. The Kier molecular flexibility index (Phi) is 3.16. The molecule has 12 heavy (non-hydrogen) atoms. The van der Waals surface area contributed by atoms with E-state index < -0.39 is 0 Å². The maximum Gasteiger partial charge on any atom is 0.107 e. The van der Waals surface area contributed by atoms with Gasteiger partial charge in [-0.15, -0.1) is 0 Å². The monoisotopic (exact) mass is 197 g/mol. The molecule has 0 bridgehead atoms. The van der Waals surface area contributed by atoms with Crippen molar-refractivity contribution in [1.29, 1.82) is 5.26 Å². The number of hydrogen-bond donors (Lipinski definition) is 0. The average Bonchev–Trinajstić information content (AvgIpc) is 2.03. The lowest BCUT2D eigenvalue weighted by Gasteiger charge is -1.92. The van der Waals surface area contributed by atoms with Gasteiger partial charge in [0.15, 0.2) is 0 Å². The second kappa shape index (κ2) is 4.15. The van der Waals surface area contributed by atoms with Crippen molar-refractivity contribution in [1.82, 2.24) is 0 Å². The molecule has 0 aliphatic heterocycles. The van der Waals surface area contributed by atoms with Crippen molar-refractivity contribution in [2.45, 2.75) is 0 Å². The Hall–Kier alpha value is -0.970. The van der Waals surface area contributed by atoms with E-state index in [1.54, 1.807) is 24.3 Å². The Morgan fingerprint density at radius 2 is 2.17 bits per heavy atom. The van der Waals surface area contributed by atoms with Gasteiger partial charge in [-0.05, 0) is 23.8 Å². The Bertz CT molecular complexity index is 346. The van der Waals surface area contributed by atoms with Crippen LogP contribution in [0, 0.1) is 11.3 Å². The molecular weight excluding hydrogens is 193 g/mol. The van der Waals surface area contributed by atoms with Crippen molar-refractivity contribution in [3.63, 3.8) is 0 Å². The molecule has 1 nitrogen and oxygen atoms in total. The third kappa shape index (κ3) is 2.58. The van der Waals surface area contributed by atoms with E-state index in [1.165, 1.54) is 0 Å². The Morgan fingerprint density at radius 1 is 1.42 bits per heavy atom. The predicted molar refractivity (Wildman–Crippen MR) is 50.8 cm³/mol. The fourth-order valence-electron chi connectivity index (χ4n) is 0.824. The molecule has 0 atom stereocenters. The lowest BCUT2D eigenvalue weighted by atomic mass is 10.1. The van der Waals surface area contributed by atoms with Crippen LogP contribution in [0.5, 0.6) is 0 Å². The molecule has 0 saturated carbocycles. The summed E-state index contributed by atoms with van der Waals surface area (Å²) in [5.41, 5.74) is 1.42. The number of rotatable bonds is 1. The molecule has 0 fully saturated rings. The van der Waals surface area contributed by atoms with Crippen molar-refractivity contribution < 1.29 is 0 Å². The van der Waals surface area contributed by atoms with Gasteiger partial charge in [0.05, 0.1) is 11.6 Å². The van der Waals surface area contributed by atoms with E-state index in [1.807, 2.05) is 12.1 Å². The molecule has 0 aromatic heterocycles. The molecule has 0 saturated heterocycles. The zero-order valence-corrected chi connectivity index (χ0v) is 7.60. The zero-order chi connectivity index (χ0) is 8.97. The van der Waals surface area contributed by atoms with Crippen molar-refractivity contribution in [3.05, 3.63) is 39.9 Å². The Morgan fingerprint density at radius 3 is 2.75 bits per heavy atom. The standard InChI is InChI=1S/C9H5Cl2N/c10-9(11)5-7-2-1-3-8(4-7)6-12/h1-5H. The molecule has 1 rings (SSSR count). The van der Waals surface area contributed by atoms with Crippen LogP contribution in [0.4, 0.5) is 0 Å². The van der Waals surface area contributed by atoms with E-state index in [4.69, 9.17) is 28.5 Å². The third-order valence-electron chi connectivity index (χ3n) is 1.29. The molecule has 60 valence electrons. The highest BCUT2D eigenvalue weighted by molar-refractivity contribution is 6.57. The lowest BCUT2D eigenvalue weighted by Crippen LogP contribution is -1.75. The summed E-state index contributed by atoms with van der Waals surface area (Å²) in [6.45, 7) is 0. The first-order valence-corrected chi connectivity index (χ1v) is 4.01. The third-order valence-corrected chi connectivity index (χ3v) is 1.51. The number of halogens is 2. The maximum absolute atomic E-state index is 8.56. The summed E-state index contributed by atoms with van der Waals surface area (Å²) in [4.78, 5) is 0. The maximum atomic E-state index is 8.56. The van der Waals surface area contributed by atoms with Gasteiger partial charge in [0, 0.05) is 0 Å². The van der Waals surface area contributed by atoms with Gasteiger partial charge in [-0.2, -0.15) is 5.26 Å².